The summed E-state index contributed by atoms with van der Waals surface area (Å²) in [5.41, 5.74) is 2.15. The minimum Gasteiger partial charge on any atom is -0.497 e. The molecule has 2 rings (SSSR count). The topological polar surface area (TPSA) is 63.2 Å². The van der Waals surface area contributed by atoms with E-state index in [1.807, 2.05) is 44.2 Å². The second kappa shape index (κ2) is 6.74. The minimum absolute atomic E-state index is 0.0939. The number of carbonyl (C=O) groups excluding carboxylic acids is 1. The molecular weight excluding hydrogens is 266 g/mol. The first kappa shape index (κ1) is 14.8. The summed E-state index contributed by atoms with van der Waals surface area (Å²) in [5, 5.41) is 6.02. The third-order valence-electron chi connectivity index (χ3n) is 2.79. The smallest absolute Gasteiger partial charge is 0.270 e. The fourth-order valence-corrected chi connectivity index (χ4v) is 1.78. The second-order valence-electron chi connectivity index (χ2n) is 4.91. The summed E-state index contributed by atoms with van der Waals surface area (Å²) < 4.78 is 5.11. The summed E-state index contributed by atoms with van der Waals surface area (Å²) in [6, 6.07) is 11.2. The number of amides is 1. The number of ether oxygens (including phenoxy) is 1. The molecule has 1 amide bonds. The number of nitrogens with one attached hydrogen (secondary N) is 2. The lowest BCUT2D eigenvalue weighted by Gasteiger charge is -2.09. The van der Waals surface area contributed by atoms with E-state index in [-0.39, 0.29) is 11.9 Å². The van der Waals surface area contributed by atoms with Gasteiger partial charge >= 0.3 is 0 Å². The van der Waals surface area contributed by atoms with Crippen LogP contribution in [0.5, 0.6) is 5.75 Å². The molecule has 0 unspecified atom stereocenters. The number of aromatic nitrogens is 1. The van der Waals surface area contributed by atoms with Crippen LogP contribution in [0.3, 0.4) is 0 Å². The zero-order valence-electron chi connectivity index (χ0n) is 12.4. The quantitative estimate of drug-likeness (QED) is 0.886. The van der Waals surface area contributed by atoms with Gasteiger partial charge < -0.3 is 15.4 Å². The summed E-state index contributed by atoms with van der Waals surface area (Å²) >= 11 is 0. The Morgan fingerprint density at radius 2 is 1.76 bits per heavy atom. The average Bonchev–Trinajstić information content (AvgIpc) is 2.48. The van der Waals surface area contributed by atoms with Crippen LogP contribution < -0.4 is 15.4 Å². The molecule has 0 aliphatic heterocycles. The first-order valence-corrected chi connectivity index (χ1v) is 6.76. The maximum absolute atomic E-state index is 11.8. The van der Waals surface area contributed by atoms with E-state index in [0.717, 1.165) is 17.1 Å². The molecule has 110 valence electrons. The largest absolute Gasteiger partial charge is 0.497 e. The average molecular weight is 285 g/mol. The van der Waals surface area contributed by atoms with Crippen LogP contribution in [0.25, 0.3) is 0 Å². The van der Waals surface area contributed by atoms with Gasteiger partial charge in [-0.15, -0.1) is 0 Å². The number of rotatable bonds is 5. The molecule has 2 N–H and O–H groups in total. The molecular formula is C16H19N3O2. The highest BCUT2D eigenvalue weighted by molar-refractivity contribution is 5.92. The Labute approximate surface area is 124 Å². The molecule has 1 aromatic heterocycles. The highest BCUT2D eigenvalue weighted by Gasteiger charge is 2.08. The van der Waals surface area contributed by atoms with E-state index in [1.165, 1.54) is 0 Å². The van der Waals surface area contributed by atoms with Crippen molar-refractivity contribution < 1.29 is 9.53 Å². The molecule has 0 radical (unpaired) electrons. The van der Waals surface area contributed by atoms with Crippen LogP contribution in [0.1, 0.15) is 24.3 Å². The first-order valence-electron chi connectivity index (χ1n) is 6.76. The van der Waals surface area contributed by atoms with E-state index in [0.29, 0.717) is 5.69 Å². The molecule has 0 aliphatic rings. The highest BCUT2D eigenvalue weighted by atomic mass is 16.5. The van der Waals surface area contributed by atoms with Crippen molar-refractivity contribution in [2.45, 2.75) is 19.9 Å². The Balaban J connectivity index is 2.03. The van der Waals surface area contributed by atoms with E-state index >= 15 is 0 Å². The zero-order valence-corrected chi connectivity index (χ0v) is 12.4. The predicted molar refractivity (Wildman–Crippen MR) is 83.1 cm³/mol. The molecule has 0 saturated carbocycles. The Bertz CT molecular complexity index is 592. The molecule has 1 heterocycles. The Kier molecular flexibility index (Phi) is 4.77. The van der Waals surface area contributed by atoms with Gasteiger partial charge in [0.15, 0.2) is 0 Å². The van der Waals surface area contributed by atoms with Crippen molar-refractivity contribution in [3.05, 3.63) is 48.3 Å². The van der Waals surface area contributed by atoms with Crippen LogP contribution in [0.15, 0.2) is 42.6 Å². The Morgan fingerprint density at radius 3 is 2.29 bits per heavy atom. The monoisotopic (exact) mass is 285 g/mol. The number of hydrogen-bond acceptors (Lipinski definition) is 4. The SMILES string of the molecule is COc1ccc(Nc2ccc(C(=O)NC(C)C)nc2)cc1. The lowest BCUT2D eigenvalue weighted by molar-refractivity contribution is 0.0938. The third-order valence-corrected chi connectivity index (χ3v) is 2.79. The molecule has 0 saturated heterocycles. The molecule has 2 aromatic rings. The number of carbonyl (C=O) groups is 1. The maximum Gasteiger partial charge on any atom is 0.270 e. The number of hydrogen-bond donors (Lipinski definition) is 2. The highest BCUT2D eigenvalue weighted by Crippen LogP contribution is 2.19. The van der Waals surface area contributed by atoms with Gasteiger partial charge in [-0.1, -0.05) is 0 Å². The maximum atomic E-state index is 11.8. The van der Waals surface area contributed by atoms with Gasteiger partial charge in [0.1, 0.15) is 11.4 Å². The van der Waals surface area contributed by atoms with E-state index in [2.05, 4.69) is 15.6 Å². The van der Waals surface area contributed by atoms with Crippen molar-refractivity contribution in [1.29, 1.82) is 0 Å². The van der Waals surface area contributed by atoms with Gasteiger partial charge in [-0.3, -0.25) is 4.79 Å². The lowest BCUT2D eigenvalue weighted by Crippen LogP contribution is -2.30. The molecule has 0 atom stereocenters. The van der Waals surface area contributed by atoms with E-state index in [1.54, 1.807) is 19.4 Å². The van der Waals surface area contributed by atoms with Gasteiger partial charge in [0, 0.05) is 11.7 Å². The second-order valence-corrected chi connectivity index (χ2v) is 4.91. The van der Waals surface area contributed by atoms with Crippen molar-refractivity contribution in [3.8, 4) is 5.75 Å². The van der Waals surface area contributed by atoms with E-state index in [9.17, 15) is 4.79 Å². The van der Waals surface area contributed by atoms with Gasteiger partial charge in [0.2, 0.25) is 0 Å². The predicted octanol–water partition coefficient (Wildman–Crippen LogP) is 2.97. The minimum atomic E-state index is -0.166. The molecule has 0 bridgehead atoms. The number of anilines is 2. The van der Waals surface area contributed by atoms with Crippen molar-refractivity contribution in [1.82, 2.24) is 10.3 Å². The number of benzene rings is 1. The number of pyridine rings is 1. The van der Waals surface area contributed by atoms with Crippen molar-refractivity contribution >= 4 is 17.3 Å². The molecule has 0 aliphatic carbocycles. The summed E-state index contributed by atoms with van der Waals surface area (Å²) in [4.78, 5) is 15.9. The summed E-state index contributed by atoms with van der Waals surface area (Å²) in [6.45, 7) is 3.83. The standard InChI is InChI=1S/C16H19N3O2/c1-11(2)18-16(20)15-9-6-13(10-17-15)19-12-4-7-14(21-3)8-5-12/h4-11,19H,1-3H3,(H,18,20). The van der Waals surface area contributed by atoms with Crippen LogP contribution >= 0.6 is 0 Å². The first-order chi connectivity index (χ1) is 10.1. The van der Waals surface area contributed by atoms with Crippen molar-refractivity contribution in [2.75, 3.05) is 12.4 Å². The van der Waals surface area contributed by atoms with Gasteiger partial charge in [-0.05, 0) is 50.2 Å². The van der Waals surface area contributed by atoms with E-state index in [4.69, 9.17) is 4.74 Å². The Hall–Kier alpha value is -2.56. The van der Waals surface area contributed by atoms with Gasteiger partial charge in [-0.25, -0.2) is 4.98 Å². The van der Waals surface area contributed by atoms with Crippen LogP contribution in [0.2, 0.25) is 0 Å². The van der Waals surface area contributed by atoms with Gasteiger partial charge in [-0.2, -0.15) is 0 Å². The summed E-state index contributed by atoms with van der Waals surface area (Å²) in [5.74, 6) is 0.639. The third kappa shape index (κ3) is 4.21. The fraction of sp³-hybridized carbons (Fsp3) is 0.250. The molecule has 0 fully saturated rings. The van der Waals surface area contributed by atoms with Crippen LogP contribution in [-0.2, 0) is 0 Å². The summed E-state index contributed by atoms with van der Waals surface area (Å²) in [6.07, 6.45) is 1.64. The number of methoxy groups -OCH3 is 1. The van der Waals surface area contributed by atoms with Crippen LogP contribution in [-0.4, -0.2) is 24.0 Å². The summed E-state index contributed by atoms with van der Waals surface area (Å²) in [7, 11) is 1.63. The Morgan fingerprint density at radius 1 is 1.10 bits per heavy atom. The molecule has 21 heavy (non-hydrogen) atoms. The number of nitrogens with zero attached hydrogens (tertiary/aromatic N) is 1. The molecule has 1 aromatic carbocycles. The van der Waals surface area contributed by atoms with E-state index < -0.39 is 0 Å². The fourth-order valence-electron chi connectivity index (χ4n) is 1.78. The normalized spacial score (nSPS) is 10.3. The zero-order chi connectivity index (χ0) is 15.2. The molecule has 0 spiro atoms. The van der Waals surface area contributed by atoms with Crippen LogP contribution in [0.4, 0.5) is 11.4 Å². The van der Waals surface area contributed by atoms with Gasteiger partial charge in [0.05, 0.1) is 19.0 Å². The molecule has 5 heteroatoms. The lowest BCUT2D eigenvalue weighted by atomic mass is 10.2. The van der Waals surface area contributed by atoms with Crippen molar-refractivity contribution in [2.24, 2.45) is 0 Å². The van der Waals surface area contributed by atoms with Gasteiger partial charge in [0.25, 0.3) is 5.91 Å². The molecule has 5 nitrogen and oxygen atoms in total. The van der Waals surface area contributed by atoms with Crippen molar-refractivity contribution in [3.63, 3.8) is 0 Å². The van der Waals surface area contributed by atoms with Crippen LogP contribution in [0, 0.1) is 0 Å².